The van der Waals surface area contributed by atoms with Crippen molar-refractivity contribution in [3.8, 4) is 5.75 Å². The number of nitrogens with zero attached hydrogens (tertiary/aromatic N) is 3. The molecule has 2 saturated heterocycles. The Morgan fingerprint density at radius 3 is 2.33 bits per heavy atom. The van der Waals surface area contributed by atoms with Crippen LogP contribution >= 0.6 is 23.2 Å². The van der Waals surface area contributed by atoms with Crippen molar-refractivity contribution in [2.45, 2.75) is 57.0 Å². The number of hydrogen-bond donors (Lipinski definition) is 1. The van der Waals surface area contributed by atoms with E-state index in [-0.39, 0.29) is 35.3 Å². The van der Waals surface area contributed by atoms with E-state index in [1.54, 1.807) is 21.9 Å². The van der Waals surface area contributed by atoms with Crippen LogP contribution in [0.25, 0.3) is 0 Å². The molecule has 0 aromatic heterocycles. The second-order valence-corrected chi connectivity index (χ2v) is 11.9. The van der Waals surface area contributed by atoms with E-state index in [1.165, 1.54) is 6.07 Å². The van der Waals surface area contributed by atoms with Crippen molar-refractivity contribution < 1.29 is 18.7 Å². The molecule has 2 heterocycles. The summed E-state index contributed by atoms with van der Waals surface area (Å²) < 4.78 is 20.8. The number of hydrogen-bond acceptors (Lipinski definition) is 4. The average molecular weight is 594 g/mol. The van der Waals surface area contributed by atoms with Crippen LogP contribution in [0, 0.1) is 5.82 Å². The highest BCUT2D eigenvalue weighted by Gasteiger charge is 2.33. The van der Waals surface area contributed by atoms with Crippen LogP contribution in [0.3, 0.4) is 0 Å². The first kappa shape index (κ1) is 30.4. The molecule has 2 aromatic rings. The summed E-state index contributed by atoms with van der Waals surface area (Å²) in [5.74, 6) is 0.295. The van der Waals surface area contributed by atoms with Gasteiger partial charge >= 0.3 is 6.03 Å². The quantitative estimate of drug-likeness (QED) is 0.412. The van der Waals surface area contributed by atoms with Gasteiger partial charge in [-0.3, -0.25) is 4.79 Å². The lowest BCUT2D eigenvalue weighted by atomic mass is 9.88. The van der Waals surface area contributed by atoms with E-state index < -0.39 is 11.9 Å². The fraction of sp³-hybridized carbons (Fsp3) is 0.533. The van der Waals surface area contributed by atoms with Crippen molar-refractivity contribution in [2.75, 3.05) is 46.9 Å². The zero-order valence-corrected chi connectivity index (χ0v) is 25.0. The fourth-order valence-electron chi connectivity index (χ4n) is 5.23. The third-order valence-corrected chi connectivity index (χ3v) is 8.48. The monoisotopic (exact) mass is 592 g/mol. The summed E-state index contributed by atoms with van der Waals surface area (Å²) >= 11 is 12.2. The van der Waals surface area contributed by atoms with Crippen LogP contribution in [0.5, 0.6) is 5.75 Å². The third kappa shape index (κ3) is 7.80. The minimum Gasteiger partial charge on any atom is -0.492 e. The Balaban J connectivity index is 1.45. The van der Waals surface area contributed by atoms with E-state index in [4.69, 9.17) is 27.9 Å². The lowest BCUT2D eigenvalue weighted by Gasteiger charge is -2.35. The maximum Gasteiger partial charge on any atom is 0.318 e. The number of urea groups is 1. The molecule has 2 aliphatic rings. The molecule has 2 aromatic carbocycles. The topological polar surface area (TPSA) is 65.1 Å². The number of piperidine rings is 1. The van der Waals surface area contributed by atoms with E-state index in [1.807, 2.05) is 32.3 Å². The van der Waals surface area contributed by atoms with Crippen LogP contribution in [0.15, 0.2) is 36.4 Å². The Hall–Kier alpha value is -2.55. The van der Waals surface area contributed by atoms with Gasteiger partial charge in [0.1, 0.15) is 24.2 Å². The summed E-state index contributed by atoms with van der Waals surface area (Å²) in [6.45, 7) is 5.01. The Labute approximate surface area is 246 Å². The third-order valence-electron chi connectivity index (χ3n) is 8.01. The first-order valence-electron chi connectivity index (χ1n) is 14.0. The molecule has 7 nitrogen and oxygen atoms in total. The van der Waals surface area contributed by atoms with E-state index in [2.05, 4.69) is 17.1 Å². The number of halogens is 3. The first-order chi connectivity index (χ1) is 19.1. The second-order valence-electron chi connectivity index (χ2n) is 11.0. The summed E-state index contributed by atoms with van der Waals surface area (Å²) in [6, 6.07) is 9.25. The molecule has 218 valence electrons. The zero-order valence-electron chi connectivity index (χ0n) is 23.5. The normalized spacial score (nSPS) is 17.7. The fourth-order valence-corrected chi connectivity index (χ4v) is 5.55. The maximum absolute atomic E-state index is 14.7. The number of nitrogens with one attached hydrogen (secondary N) is 1. The molecule has 1 N–H and O–H groups in total. The molecule has 2 atom stereocenters. The zero-order chi connectivity index (χ0) is 28.8. The van der Waals surface area contributed by atoms with E-state index >= 15 is 0 Å². The van der Waals surface area contributed by atoms with Gasteiger partial charge in [-0.1, -0.05) is 35.3 Å². The maximum atomic E-state index is 14.7. The summed E-state index contributed by atoms with van der Waals surface area (Å²) in [5, 5.41) is 3.80. The highest BCUT2D eigenvalue weighted by molar-refractivity contribution is 6.31. The van der Waals surface area contributed by atoms with Crippen LogP contribution in [0.1, 0.15) is 49.7 Å². The Morgan fingerprint density at radius 1 is 1.02 bits per heavy atom. The molecule has 2 aliphatic heterocycles. The van der Waals surface area contributed by atoms with Gasteiger partial charge in [-0.15, -0.1) is 0 Å². The van der Waals surface area contributed by atoms with Crippen LogP contribution in [-0.2, 0) is 11.2 Å². The van der Waals surface area contributed by atoms with Gasteiger partial charge in [0.2, 0.25) is 5.91 Å². The van der Waals surface area contributed by atoms with Crippen LogP contribution in [0.2, 0.25) is 10.0 Å². The van der Waals surface area contributed by atoms with Gasteiger partial charge in [0, 0.05) is 48.7 Å². The highest BCUT2D eigenvalue weighted by atomic mass is 35.5. The number of likely N-dealkylation sites (N-methyl/N-ethyl adjacent to an activating group) is 1. The van der Waals surface area contributed by atoms with Gasteiger partial charge in [-0.25, -0.2) is 9.18 Å². The van der Waals surface area contributed by atoms with E-state index in [9.17, 15) is 14.0 Å². The Morgan fingerprint density at radius 2 is 1.68 bits per heavy atom. The van der Waals surface area contributed by atoms with Gasteiger partial charge in [0.15, 0.2) is 0 Å². The predicted molar refractivity (Wildman–Crippen MR) is 157 cm³/mol. The van der Waals surface area contributed by atoms with Crippen molar-refractivity contribution in [1.29, 1.82) is 0 Å². The standard InChI is InChI=1S/C30H39Cl2FN4O3/c1-20(35(2)3)19-40-28-18-24(32)8-9-25(28)21-10-14-36(15-11-21)29(38)27(34-30(39)37-12-4-5-13-37)16-22-6-7-23(31)17-26(22)33/h6-9,17-18,20-21,27H,4-5,10-16,19H2,1-3H3,(H,34,39)/t20-,27-/m1/s1. The van der Waals surface area contributed by atoms with Crippen molar-refractivity contribution in [1.82, 2.24) is 20.0 Å². The van der Waals surface area contributed by atoms with Crippen molar-refractivity contribution in [3.05, 3.63) is 63.4 Å². The molecule has 10 heteroatoms. The highest BCUT2D eigenvalue weighted by Crippen LogP contribution is 2.36. The van der Waals surface area contributed by atoms with Gasteiger partial charge in [0.05, 0.1) is 0 Å². The number of rotatable bonds is 9. The first-order valence-corrected chi connectivity index (χ1v) is 14.7. The summed E-state index contributed by atoms with van der Waals surface area (Å²) in [5.41, 5.74) is 1.43. The molecule has 4 rings (SSSR count). The molecule has 0 bridgehead atoms. The summed E-state index contributed by atoms with van der Waals surface area (Å²) in [6.07, 6.45) is 3.43. The van der Waals surface area contributed by atoms with Crippen LogP contribution in [-0.4, -0.2) is 85.6 Å². The Kier molecular flexibility index (Phi) is 10.6. The predicted octanol–water partition coefficient (Wildman–Crippen LogP) is 5.58. The molecule has 0 unspecified atom stereocenters. The number of benzene rings is 2. The minimum atomic E-state index is -0.873. The second kappa shape index (κ2) is 13.9. The van der Waals surface area contributed by atoms with Gasteiger partial charge in [-0.2, -0.15) is 0 Å². The van der Waals surface area contributed by atoms with Crippen molar-refractivity contribution >= 4 is 35.1 Å². The lowest BCUT2D eigenvalue weighted by Crippen LogP contribution is -2.54. The number of carbonyl (C=O) groups excluding carboxylic acids is 2. The minimum absolute atomic E-state index is 0.0561. The van der Waals surface area contributed by atoms with Crippen molar-refractivity contribution in [2.24, 2.45) is 0 Å². The number of likely N-dealkylation sites (tertiary alicyclic amines) is 2. The molecule has 40 heavy (non-hydrogen) atoms. The van der Waals surface area contributed by atoms with Gasteiger partial charge < -0.3 is 24.8 Å². The van der Waals surface area contributed by atoms with Gasteiger partial charge in [0.25, 0.3) is 0 Å². The molecular weight excluding hydrogens is 554 g/mol. The van der Waals surface area contributed by atoms with Gasteiger partial charge in [-0.05, 0) is 88.0 Å². The smallest absolute Gasteiger partial charge is 0.318 e. The number of carbonyl (C=O) groups is 2. The number of amides is 3. The van der Waals surface area contributed by atoms with Crippen molar-refractivity contribution in [3.63, 3.8) is 0 Å². The van der Waals surface area contributed by atoms with Crippen LogP contribution < -0.4 is 10.1 Å². The lowest BCUT2D eigenvalue weighted by molar-refractivity contribution is -0.134. The molecule has 3 amide bonds. The largest absolute Gasteiger partial charge is 0.492 e. The van der Waals surface area contributed by atoms with E-state index in [0.29, 0.717) is 43.4 Å². The molecule has 0 spiro atoms. The van der Waals surface area contributed by atoms with Crippen LogP contribution in [0.4, 0.5) is 9.18 Å². The summed E-state index contributed by atoms with van der Waals surface area (Å²) in [4.78, 5) is 32.2. The molecular formula is C30H39Cl2FN4O3. The average Bonchev–Trinajstić information content (AvgIpc) is 3.48. The Bertz CT molecular complexity index is 1180. The van der Waals surface area contributed by atoms with E-state index in [0.717, 1.165) is 37.0 Å². The SMILES string of the molecule is C[C@H](COc1cc(Cl)ccc1C1CCN(C(=O)[C@@H](Cc2ccc(Cl)cc2F)NC(=O)N2CCCC2)CC1)N(C)C. The molecule has 2 fully saturated rings. The molecule has 0 aliphatic carbocycles. The molecule has 0 radical (unpaired) electrons. The molecule has 0 saturated carbocycles. The number of ether oxygens (including phenoxy) is 1. The summed E-state index contributed by atoms with van der Waals surface area (Å²) in [7, 11) is 4.03.